The van der Waals surface area contributed by atoms with Crippen LogP contribution in [0.3, 0.4) is 0 Å². The van der Waals surface area contributed by atoms with Crippen molar-refractivity contribution < 1.29 is 9.13 Å². The first-order chi connectivity index (χ1) is 10.2. The molecule has 106 valence electrons. The van der Waals surface area contributed by atoms with E-state index in [4.69, 9.17) is 4.74 Å². The number of aromatic nitrogens is 1. The fourth-order valence-electron chi connectivity index (χ4n) is 1.94. The molecule has 2 aromatic carbocycles. The fourth-order valence-corrected chi connectivity index (χ4v) is 2.92. The van der Waals surface area contributed by atoms with E-state index in [0.717, 1.165) is 26.9 Å². The van der Waals surface area contributed by atoms with Crippen LogP contribution in [-0.2, 0) is 6.61 Å². The Morgan fingerprint density at radius 1 is 1.05 bits per heavy atom. The van der Waals surface area contributed by atoms with Gasteiger partial charge in [0.05, 0.1) is 10.6 Å². The summed E-state index contributed by atoms with van der Waals surface area (Å²) in [5.74, 6) is 0.605. The van der Waals surface area contributed by atoms with Crippen LogP contribution in [0.25, 0.3) is 10.6 Å². The maximum absolute atomic E-state index is 13.0. The molecule has 0 saturated carbocycles. The predicted molar refractivity (Wildman–Crippen MR) is 83.0 cm³/mol. The Morgan fingerprint density at radius 3 is 2.48 bits per heavy atom. The summed E-state index contributed by atoms with van der Waals surface area (Å²) in [6.45, 7) is 2.46. The van der Waals surface area contributed by atoms with Crippen molar-refractivity contribution in [3.8, 4) is 16.3 Å². The van der Waals surface area contributed by atoms with Crippen molar-refractivity contribution in [3.05, 3.63) is 71.0 Å². The maximum Gasteiger partial charge on any atom is 0.124 e. The summed E-state index contributed by atoms with van der Waals surface area (Å²) in [5, 5.41) is 0.888. The Kier molecular flexibility index (Phi) is 3.97. The fraction of sp³-hybridized carbons (Fsp3) is 0.118. The summed E-state index contributed by atoms with van der Waals surface area (Å²) in [7, 11) is 0. The molecule has 0 amide bonds. The first-order valence-corrected chi connectivity index (χ1v) is 7.44. The average Bonchev–Trinajstić information content (AvgIpc) is 2.88. The van der Waals surface area contributed by atoms with Crippen molar-refractivity contribution in [1.29, 1.82) is 0 Å². The van der Waals surface area contributed by atoms with Crippen LogP contribution < -0.4 is 4.74 Å². The molecule has 3 rings (SSSR count). The van der Waals surface area contributed by atoms with Crippen LogP contribution in [0.1, 0.15) is 10.6 Å². The second-order valence-electron chi connectivity index (χ2n) is 4.64. The minimum Gasteiger partial charge on any atom is -0.488 e. The van der Waals surface area contributed by atoms with Crippen molar-refractivity contribution in [1.82, 2.24) is 4.98 Å². The minimum absolute atomic E-state index is 0.236. The molecule has 1 aromatic heterocycles. The zero-order valence-electron chi connectivity index (χ0n) is 11.5. The van der Waals surface area contributed by atoms with E-state index in [2.05, 4.69) is 4.98 Å². The molecule has 4 heteroatoms. The van der Waals surface area contributed by atoms with Gasteiger partial charge < -0.3 is 4.74 Å². The maximum atomic E-state index is 13.0. The number of para-hydroxylation sites is 1. The second-order valence-corrected chi connectivity index (χ2v) is 5.72. The zero-order valence-corrected chi connectivity index (χ0v) is 12.4. The molecule has 0 bridgehead atoms. The first-order valence-electron chi connectivity index (χ1n) is 6.62. The highest BCUT2D eigenvalue weighted by Gasteiger charge is 2.10. The molecule has 0 aliphatic carbocycles. The number of aryl methyl sites for hydroxylation is 1. The Hall–Kier alpha value is -2.20. The molecule has 2 nitrogen and oxygen atoms in total. The van der Waals surface area contributed by atoms with Crippen molar-refractivity contribution >= 4 is 11.3 Å². The molecule has 0 saturated heterocycles. The van der Waals surface area contributed by atoms with E-state index >= 15 is 0 Å². The van der Waals surface area contributed by atoms with E-state index in [1.165, 1.54) is 12.1 Å². The number of thiazole rings is 1. The van der Waals surface area contributed by atoms with Crippen LogP contribution in [0.4, 0.5) is 4.39 Å². The van der Waals surface area contributed by atoms with Crippen molar-refractivity contribution in [2.24, 2.45) is 0 Å². The number of nitrogens with zero attached hydrogens (tertiary/aromatic N) is 1. The van der Waals surface area contributed by atoms with E-state index in [0.29, 0.717) is 6.61 Å². The molecular formula is C17H14FNOS. The standard InChI is InChI=1S/C17H14FNOS/c1-12-16(11-20-15-5-3-2-4-6-15)21-17(19-12)13-7-9-14(18)10-8-13/h2-10H,11H2,1H3. The number of benzene rings is 2. The molecule has 0 aliphatic rings. The number of rotatable bonds is 4. The summed E-state index contributed by atoms with van der Waals surface area (Å²) in [6, 6.07) is 16.1. The van der Waals surface area contributed by atoms with Crippen LogP contribution in [0.15, 0.2) is 54.6 Å². The van der Waals surface area contributed by atoms with E-state index in [1.54, 1.807) is 23.5 Å². The molecule has 0 aliphatic heterocycles. The molecule has 1 heterocycles. The normalized spacial score (nSPS) is 10.6. The lowest BCUT2D eigenvalue weighted by molar-refractivity contribution is 0.309. The summed E-state index contributed by atoms with van der Waals surface area (Å²) < 4.78 is 18.7. The highest BCUT2D eigenvalue weighted by Crippen LogP contribution is 2.28. The lowest BCUT2D eigenvalue weighted by Crippen LogP contribution is -1.94. The van der Waals surface area contributed by atoms with E-state index in [-0.39, 0.29) is 5.82 Å². The van der Waals surface area contributed by atoms with Gasteiger partial charge in [-0.05, 0) is 43.3 Å². The van der Waals surface area contributed by atoms with Gasteiger partial charge in [-0.25, -0.2) is 9.37 Å². The third kappa shape index (κ3) is 3.28. The number of hydrogen-bond acceptors (Lipinski definition) is 3. The lowest BCUT2D eigenvalue weighted by Gasteiger charge is -2.03. The highest BCUT2D eigenvalue weighted by molar-refractivity contribution is 7.15. The molecular weight excluding hydrogens is 285 g/mol. The van der Waals surface area contributed by atoms with Gasteiger partial charge >= 0.3 is 0 Å². The molecule has 0 fully saturated rings. The van der Waals surface area contributed by atoms with Gasteiger partial charge in [-0.15, -0.1) is 11.3 Å². The SMILES string of the molecule is Cc1nc(-c2ccc(F)cc2)sc1COc1ccccc1. The molecule has 0 radical (unpaired) electrons. The van der Waals surface area contributed by atoms with Gasteiger partial charge in [-0.1, -0.05) is 18.2 Å². The largest absolute Gasteiger partial charge is 0.488 e. The molecule has 0 N–H and O–H groups in total. The van der Waals surface area contributed by atoms with Gasteiger partial charge in [-0.2, -0.15) is 0 Å². The van der Waals surface area contributed by atoms with Gasteiger partial charge in [0.15, 0.2) is 0 Å². The van der Waals surface area contributed by atoms with Crippen LogP contribution in [0, 0.1) is 12.7 Å². The third-order valence-electron chi connectivity index (χ3n) is 3.10. The van der Waals surface area contributed by atoms with Crippen LogP contribution in [-0.4, -0.2) is 4.98 Å². The van der Waals surface area contributed by atoms with Crippen molar-refractivity contribution in [2.45, 2.75) is 13.5 Å². The summed E-state index contributed by atoms with van der Waals surface area (Å²) >= 11 is 1.58. The van der Waals surface area contributed by atoms with Gasteiger partial charge in [0.1, 0.15) is 23.2 Å². The summed E-state index contributed by atoms with van der Waals surface area (Å²) in [6.07, 6.45) is 0. The number of ether oxygens (including phenoxy) is 1. The van der Waals surface area contributed by atoms with E-state index in [1.807, 2.05) is 37.3 Å². The molecule has 21 heavy (non-hydrogen) atoms. The Balaban J connectivity index is 1.77. The quantitative estimate of drug-likeness (QED) is 0.688. The third-order valence-corrected chi connectivity index (χ3v) is 4.28. The van der Waals surface area contributed by atoms with Crippen LogP contribution >= 0.6 is 11.3 Å². The second kappa shape index (κ2) is 6.06. The first kappa shape index (κ1) is 13.8. The lowest BCUT2D eigenvalue weighted by atomic mass is 10.2. The molecule has 3 aromatic rings. The Bertz CT molecular complexity index is 722. The monoisotopic (exact) mass is 299 g/mol. The average molecular weight is 299 g/mol. The van der Waals surface area contributed by atoms with Gasteiger partial charge in [0.2, 0.25) is 0 Å². The van der Waals surface area contributed by atoms with Crippen LogP contribution in [0.5, 0.6) is 5.75 Å². The van der Waals surface area contributed by atoms with Crippen molar-refractivity contribution in [3.63, 3.8) is 0 Å². The number of hydrogen-bond donors (Lipinski definition) is 0. The van der Waals surface area contributed by atoms with Gasteiger partial charge in [-0.3, -0.25) is 0 Å². The molecule has 0 unspecified atom stereocenters. The predicted octanol–water partition coefficient (Wildman–Crippen LogP) is 4.84. The van der Waals surface area contributed by atoms with Gasteiger partial charge in [0, 0.05) is 5.56 Å². The summed E-state index contributed by atoms with van der Waals surface area (Å²) in [4.78, 5) is 5.62. The molecule has 0 spiro atoms. The Morgan fingerprint density at radius 2 is 1.76 bits per heavy atom. The van der Waals surface area contributed by atoms with E-state index < -0.39 is 0 Å². The van der Waals surface area contributed by atoms with Gasteiger partial charge in [0.25, 0.3) is 0 Å². The minimum atomic E-state index is -0.236. The summed E-state index contributed by atoms with van der Waals surface area (Å²) in [5.41, 5.74) is 1.88. The van der Waals surface area contributed by atoms with E-state index in [9.17, 15) is 4.39 Å². The zero-order chi connectivity index (χ0) is 14.7. The smallest absolute Gasteiger partial charge is 0.124 e. The highest BCUT2D eigenvalue weighted by atomic mass is 32.1. The number of halogens is 1. The molecule has 0 atom stereocenters. The topological polar surface area (TPSA) is 22.1 Å². The van der Waals surface area contributed by atoms with Crippen LogP contribution in [0.2, 0.25) is 0 Å². The Labute approximate surface area is 126 Å². The van der Waals surface area contributed by atoms with Crippen molar-refractivity contribution in [2.75, 3.05) is 0 Å².